The molecule has 0 saturated heterocycles. The molecular weight excluding hydrogens is 202 g/mol. The van der Waals surface area contributed by atoms with E-state index in [1.165, 1.54) is 0 Å². The number of nitrogens with two attached hydrogens (primary N) is 1. The minimum atomic E-state index is -0.278. The van der Waals surface area contributed by atoms with E-state index in [9.17, 15) is 4.79 Å². The first kappa shape index (κ1) is 12.7. The van der Waals surface area contributed by atoms with Gasteiger partial charge in [0.15, 0.2) is 0 Å². The lowest BCUT2D eigenvalue weighted by atomic mass is 9.95. The molecule has 0 bridgehead atoms. The zero-order valence-corrected chi connectivity index (χ0v) is 10.1. The Kier molecular flexibility index (Phi) is 4.50. The van der Waals surface area contributed by atoms with Crippen LogP contribution in [0.15, 0.2) is 18.2 Å². The van der Waals surface area contributed by atoms with Crippen molar-refractivity contribution >= 4 is 5.97 Å². The molecule has 0 saturated carbocycles. The molecule has 3 nitrogen and oxygen atoms in total. The smallest absolute Gasteiger partial charge is 0.307 e. The molecule has 0 heterocycles. The van der Waals surface area contributed by atoms with Gasteiger partial charge in [0, 0.05) is 6.04 Å². The number of carbonyl (C=O) groups excluding carboxylic acids is 1. The molecule has 1 atom stereocenters. The molecule has 0 aliphatic carbocycles. The largest absolute Gasteiger partial charge is 0.466 e. The number of benzene rings is 1. The minimum Gasteiger partial charge on any atom is -0.466 e. The molecule has 0 spiro atoms. The van der Waals surface area contributed by atoms with Crippen LogP contribution in [0.1, 0.15) is 36.1 Å². The highest BCUT2D eigenvalue weighted by Gasteiger charge is 2.15. The van der Waals surface area contributed by atoms with Crippen LogP contribution in [0.2, 0.25) is 0 Å². The molecule has 88 valence electrons. The Morgan fingerprint density at radius 2 is 1.94 bits per heavy atom. The molecule has 3 heteroatoms. The molecule has 0 aromatic heterocycles. The Morgan fingerprint density at radius 3 is 2.44 bits per heavy atom. The second-order valence-electron chi connectivity index (χ2n) is 3.92. The van der Waals surface area contributed by atoms with Crippen molar-refractivity contribution in [2.45, 2.75) is 33.2 Å². The molecule has 0 amide bonds. The first-order valence-corrected chi connectivity index (χ1v) is 5.53. The second kappa shape index (κ2) is 5.66. The van der Waals surface area contributed by atoms with E-state index in [1.807, 2.05) is 32.0 Å². The van der Waals surface area contributed by atoms with Crippen molar-refractivity contribution < 1.29 is 9.53 Å². The molecule has 1 aromatic carbocycles. The average Bonchev–Trinajstić information content (AvgIpc) is 2.17. The van der Waals surface area contributed by atoms with Crippen molar-refractivity contribution in [2.24, 2.45) is 5.73 Å². The molecule has 0 aliphatic rings. The molecule has 0 fully saturated rings. The quantitative estimate of drug-likeness (QED) is 0.793. The van der Waals surface area contributed by atoms with Crippen LogP contribution in [0.3, 0.4) is 0 Å². The van der Waals surface area contributed by atoms with Gasteiger partial charge in [-0.15, -0.1) is 0 Å². The molecule has 16 heavy (non-hydrogen) atoms. The lowest BCUT2D eigenvalue weighted by molar-refractivity contribution is -0.143. The van der Waals surface area contributed by atoms with Crippen LogP contribution in [0.5, 0.6) is 0 Å². The van der Waals surface area contributed by atoms with Crippen molar-refractivity contribution in [3.05, 3.63) is 34.9 Å². The molecule has 0 unspecified atom stereocenters. The predicted molar refractivity (Wildman–Crippen MR) is 64.1 cm³/mol. The highest BCUT2D eigenvalue weighted by molar-refractivity contribution is 5.70. The molecule has 0 aliphatic heterocycles. The van der Waals surface area contributed by atoms with E-state index in [0.717, 1.165) is 16.7 Å². The van der Waals surface area contributed by atoms with Crippen LogP contribution < -0.4 is 5.73 Å². The fourth-order valence-corrected chi connectivity index (χ4v) is 1.91. The van der Waals surface area contributed by atoms with E-state index in [1.54, 1.807) is 6.92 Å². The van der Waals surface area contributed by atoms with Gasteiger partial charge in [-0.2, -0.15) is 0 Å². The predicted octanol–water partition coefficient (Wildman–Crippen LogP) is 2.26. The number of ether oxygens (including phenoxy) is 1. The lowest BCUT2D eigenvalue weighted by Crippen LogP contribution is -2.19. The highest BCUT2D eigenvalue weighted by Crippen LogP contribution is 2.22. The summed E-state index contributed by atoms with van der Waals surface area (Å²) < 4.78 is 4.89. The molecule has 0 radical (unpaired) electrons. The maximum atomic E-state index is 11.3. The van der Waals surface area contributed by atoms with E-state index >= 15 is 0 Å². The van der Waals surface area contributed by atoms with E-state index in [4.69, 9.17) is 10.5 Å². The first-order valence-electron chi connectivity index (χ1n) is 5.53. The zero-order chi connectivity index (χ0) is 12.1. The van der Waals surface area contributed by atoms with Crippen LogP contribution in [0.25, 0.3) is 0 Å². The summed E-state index contributed by atoms with van der Waals surface area (Å²) in [5, 5.41) is 0. The zero-order valence-electron chi connectivity index (χ0n) is 10.1. The monoisotopic (exact) mass is 221 g/mol. The van der Waals surface area contributed by atoms with Gasteiger partial charge in [-0.3, -0.25) is 4.79 Å². The van der Waals surface area contributed by atoms with E-state index in [-0.39, 0.29) is 18.4 Å². The van der Waals surface area contributed by atoms with E-state index in [0.29, 0.717) is 6.61 Å². The van der Waals surface area contributed by atoms with Crippen LogP contribution in [-0.4, -0.2) is 12.6 Å². The van der Waals surface area contributed by atoms with Gasteiger partial charge < -0.3 is 10.5 Å². The summed E-state index contributed by atoms with van der Waals surface area (Å²) in [5.74, 6) is -0.238. The summed E-state index contributed by atoms with van der Waals surface area (Å²) in [5.41, 5.74) is 9.32. The van der Waals surface area contributed by atoms with Crippen molar-refractivity contribution in [2.75, 3.05) is 6.61 Å². The van der Waals surface area contributed by atoms with E-state index in [2.05, 4.69) is 0 Å². The first-order chi connectivity index (χ1) is 7.56. The third kappa shape index (κ3) is 3.07. The summed E-state index contributed by atoms with van der Waals surface area (Å²) in [4.78, 5) is 11.3. The standard InChI is InChI=1S/C13H19NO2/c1-4-16-12(15)8-11(14)13-9(2)6-5-7-10(13)3/h5-7,11H,4,8,14H2,1-3H3/t11-/m0/s1. The molecule has 1 aromatic rings. The Hall–Kier alpha value is -1.35. The van der Waals surface area contributed by atoms with Crippen LogP contribution in [-0.2, 0) is 9.53 Å². The summed E-state index contributed by atoms with van der Waals surface area (Å²) in [6, 6.07) is 5.73. The summed E-state index contributed by atoms with van der Waals surface area (Å²) in [6.45, 7) is 6.21. The van der Waals surface area contributed by atoms with Crippen molar-refractivity contribution in [1.29, 1.82) is 0 Å². The maximum Gasteiger partial charge on any atom is 0.307 e. The van der Waals surface area contributed by atoms with Crippen molar-refractivity contribution in [1.82, 2.24) is 0 Å². The Bertz CT molecular complexity index is 354. The topological polar surface area (TPSA) is 52.3 Å². The molecular formula is C13H19NO2. The molecule has 2 N–H and O–H groups in total. The fourth-order valence-electron chi connectivity index (χ4n) is 1.91. The normalized spacial score (nSPS) is 12.2. The Balaban J connectivity index is 2.80. The minimum absolute atomic E-state index is 0.236. The van der Waals surface area contributed by atoms with Gasteiger partial charge in [0.05, 0.1) is 13.0 Å². The lowest BCUT2D eigenvalue weighted by Gasteiger charge is -2.16. The van der Waals surface area contributed by atoms with Gasteiger partial charge in [-0.25, -0.2) is 0 Å². The van der Waals surface area contributed by atoms with Crippen LogP contribution in [0.4, 0.5) is 0 Å². The number of hydrogen-bond donors (Lipinski definition) is 1. The Morgan fingerprint density at radius 1 is 1.38 bits per heavy atom. The SMILES string of the molecule is CCOC(=O)C[C@H](N)c1c(C)cccc1C. The number of esters is 1. The maximum absolute atomic E-state index is 11.3. The summed E-state index contributed by atoms with van der Waals surface area (Å²) >= 11 is 0. The second-order valence-corrected chi connectivity index (χ2v) is 3.92. The summed E-state index contributed by atoms with van der Waals surface area (Å²) in [6.07, 6.45) is 0.236. The average molecular weight is 221 g/mol. The third-order valence-corrected chi connectivity index (χ3v) is 2.60. The van der Waals surface area contributed by atoms with E-state index < -0.39 is 0 Å². The van der Waals surface area contributed by atoms with Gasteiger partial charge in [0.1, 0.15) is 0 Å². The highest BCUT2D eigenvalue weighted by atomic mass is 16.5. The van der Waals surface area contributed by atoms with Gasteiger partial charge >= 0.3 is 5.97 Å². The fraction of sp³-hybridized carbons (Fsp3) is 0.462. The number of hydrogen-bond acceptors (Lipinski definition) is 3. The number of rotatable bonds is 4. The number of carbonyl (C=O) groups is 1. The Labute approximate surface area is 96.6 Å². The van der Waals surface area contributed by atoms with Crippen molar-refractivity contribution in [3.8, 4) is 0 Å². The number of aryl methyl sites for hydroxylation is 2. The van der Waals surface area contributed by atoms with Gasteiger partial charge in [0.25, 0.3) is 0 Å². The summed E-state index contributed by atoms with van der Waals surface area (Å²) in [7, 11) is 0. The third-order valence-electron chi connectivity index (χ3n) is 2.60. The molecule has 1 rings (SSSR count). The van der Waals surface area contributed by atoms with Crippen molar-refractivity contribution in [3.63, 3.8) is 0 Å². The van der Waals surface area contributed by atoms with Gasteiger partial charge in [-0.05, 0) is 37.5 Å². The van der Waals surface area contributed by atoms with Crippen LogP contribution in [0, 0.1) is 13.8 Å². The van der Waals surface area contributed by atoms with Crippen LogP contribution >= 0.6 is 0 Å². The van der Waals surface area contributed by atoms with Gasteiger partial charge in [0.2, 0.25) is 0 Å². The van der Waals surface area contributed by atoms with Gasteiger partial charge in [-0.1, -0.05) is 18.2 Å².